The molecule has 0 amide bonds. The topological polar surface area (TPSA) is 45.8 Å². The van der Waals surface area contributed by atoms with Gasteiger partial charge in [0.25, 0.3) is 5.56 Å². The lowest BCUT2D eigenvalue weighted by Crippen LogP contribution is -2.29. The molecule has 0 aliphatic carbocycles. The number of likely N-dealkylation sites (N-methyl/N-ethyl adjacent to an activating group) is 1. The lowest BCUT2D eigenvalue weighted by atomic mass is 10.2. The van der Waals surface area contributed by atoms with Gasteiger partial charge < -0.3 is 14.4 Å². The molecule has 1 fully saturated rings. The molecule has 144 valence electrons. The van der Waals surface area contributed by atoms with Crippen LogP contribution in [0.15, 0.2) is 41.2 Å². The molecule has 28 heavy (non-hydrogen) atoms. The largest absolute Gasteiger partial charge is 0.355 e. The minimum atomic E-state index is -0.313. The van der Waals surface area contributed by atoms with Gasteiger partial charge in [-0.05, 0) is 56.4 Å². The first-order valence-corrected chi connectivity index (χ1v) is 9.57. The Hall–Kier alpha value is -2.93. The number of rotatable bonds is 1. The van der Waals surface area contributed by atoms with Gasteiger partial charge in [0.1, 0.15) is 17.2 Å². The zero-order valence-corrected chi connectivity index (χ0v) is 16.0. The van der Waals surface area contributed by atoms with E-state index in [0.29, 0.717) is 16.6 Å². The van der Waals surface area contributed by atoms with Gasteiger partial charge >= 0.3 is 0 Å². The molecular weight excluding hydrogens is 357 g/mol. The number of nitrogens with zero attached hydrogens (tertiary/aromatic N) is 5. The molecule has 1 aromatic carbocycles. The van der Waals surface area contributed by atoms with Crippen LogP contribution in [0.5, 0.6) is 0 Å². The minimum Gasteiger partial charge on any atom is -0.355 e. The SMILES string of the molecule is CN1CCCN(c2ccc3c(n2)n2c(cc4cc(F)ccc42)c(=O)n3C)CC1. The van der Waals surface area contributed by atoms with Crippen molar-refractivity contribution in [2.45, 2.75) is 6.42 Å². The van der Waals surface area contributed by atoms with Crippen LogP contribution in [0.4, 0.5) is 10.2 Å². The molecule has 0 saturated carbocycles. The van der Waals surface area contributed by atoms with Gasteiger partial charge in [-0.1, -0.05) is 0 Å². The molecule has 3 aromatic heterocycles. The van der Waals surface area contributed by atoms with Crippen LogP contribution in [0.2, 0.25) is 0 Å². The molecule has 0 N–H and O–H groups in total. The Morgan fingerprint density at radius 3 is 2.61 bits per heavy atom. The zero-order chi connectivity index (χ0) is 19.4. The molecule has 0 atom stereocenters. The van der Waals surface area contributed by atoms with E-state index in [0.717, 1.165) is 49.5 Å². The highest BCUT2D eigenvalue weighted by Crippen LogP contribution is 2.25. The standard InChI is InChI=1S/C21H22FN5O/c1-24-8-3-9-26(11-10-24)19-7-6-17-20(23-19)27-16-5-4-15(22)12-14(16)13-18(27)21(28)25(17)2/h4-7,12-13H,3,8-11H2,1-2H3. The van der Waals surface area contributed by atoms with Gasteiger partial charge in [0.05, 0.1) is 11.0 Å². The highest BCUT2D eigenvalue weighted by atomic mass is 19.1. The third-order valence-corrected chi connectivity index (χ3v) is 5.74. The number of halogens is 1. The number of pyridine rings is 1. The van der Waals surface area contributed by atoms with Gasteiger partial charge in [0, 0.05) is 32.1 Å². The average Bonchev–Trinajstić information content (AvgIpc) is 2.93. The molecule has 1 aliphatic heterocycles. The Kier molecular flexibility index (Phi) is 3.87. The first-order valence-electron chi connectivity index (χ1n) is 9.57. The van der Waals surface area contributed by atoms with Gasteiger partial charge in [-0.2, -0.15) is 0 Å². The molecule has 4 aromatic rings. The summed E-state index contributed by atoms with van der Waals surface area (Å²) in [5.74, 6) is 0.596. The summed E-state index contributed by atoms with van der Waals surface area (Å²) in [5.41, 5.74) is 2.66. The molecular formula is C21H22FN5O. The number of benzene rings is 1. The van der Waals surface area contributed by atoms with Crippen LogP contribution < -0.4 is 10.5 Å². The highest BCUT2D eigenvalue weighted by Gasteiger charge is 2.18. The second-order valence-corrected chi connectivity index (χ2v) is 7.59. The van der Waals surface area contributed by atoms with Crippen molar-refractivity contribution in [3.8, 4) is 0 Å². The molecule has 6 nitrogen and oxygen atoms in total. The van der Waals surface area contributed by atoms with Gasteiger partial charge in [0.2, 0.25) is 0 Å². The number of fused-ring (bicyclic) bond motifs is 5. The van der Waals surface area contributed by atoms with Crippen molar-refractivity contribution in [3.63, 3.8) is 0 Å². The molecule has 1 saturated heterocycles. The van der Waals surface area contributed by atoms with E-state index in [1.54, 1.807) is 23.7 Å². The summed E-state index contributed by atoms with van der Waals surface area (Å²) in [6, 6.07) is 10.3. The lowest BCUT2D eigenvalue weighted by Gasteiger charge is -2.22. The van der Waals surface area contributed by atoms with Crippen molar-refractivity contribution in [2.75, 3.05) is 38.1 Å². The number of aryl methyl sites for hydroxylation is 1. The maximum atomic E-state index is 13.7. The maximum absolute atomic E-state index is 13.7. The molecule has 1 aliphatic rings. The molecule has 5 rings (SSSR count). The van der Waals surface area contributed by atoms with Crippen LogP contribution in [-0.2, 0) is 7.05 Å². The number of hydrogen-bond donors (Lipinski definition) is 0. The van der Waals surface area contributed by atoms with Crippen LogP contribution in [0.3, 0.4) is 0 Å². The quantitative estimate of drug-likeness (QED) is 0.510. The molecule has 0 bridgehead atoms. The van der Waals surface area contributed by atoms with E-state index in [2.05, 4.69) is 16.8 Å². The van der Waals surface area contributed by atoms with Gasteiger partial charge in [-0.3, -0.25) is 9.20 Å². The predicted molar refractivity (Wildman–Crippen MR) is 110 cm³/mol. The summed E-state index contributed by atoms with van der Waals surface area (Å²) in [4.78, 5) is 22.5. The van der Waals surface area contributed by atoms with Crippen molar-refractivity contribution in [3.05, 3.63) is 52.6 Å². The Bertz CT molecular complexity index is 1270. The van der Waals surface area contributed by atoms with E-state index in [1.165, 1.54) is 12.1 Å². The van der Waals surface area contributed by atoms with Gasteiger partial charge in [0.15, 0.2) is 5.65 Å². The highest BCUT2D eigenvalue weighted by molar-refractivity contribution is 5.92. The van der Waals surface area contributed by atoms with Crippen LogP contribution in [-0.4, -0.2) is 52.1 Å². The van der Waals surface area contributed by atoms with Gasteiger partial charge in [-0.25, -0.2) is 9.37 Å². The molecule has 0 spiro atoms. The van der Waals surface area contributed by atoms with Crippen molar-refractivity contribution < 1.29 is 4.39 Å². The molecule has 0 unspecified atom stereocenters. The van der Waals surface area contributed by atoms with E-state index >= 15 is 0 Å². The zero-order valence-electron chi connectivity index (χ0n) is 16.0. The lowest BCUT2D eigenvalue weighted by molar-refractivity contribution is 0.360. The summed E-state index contributed by atoms with van der Waals surface area (Å²) in [5, 5.41) is 0.702. The van der Waals surface area contributed by atoms with Crippen LogP contribution in [0, 0.1) is 5.82 Å². The second kappa shape index (κ2) is 6.31. The van der Waals surface area contributed by atoms with Crippen molar-refractivity contribution in [2.24, 2.45) is 7.05 Å². The second-order valence-electron chi connectivity index (χ2n) is 7.59. The summed E-state index contributed by atoms with van der Waals surface area (Å²) >= 11 is 0. The Morgan fingerprint density at radius 1 is 0.929 bits per heavy atom. The summed E-state index contributed by atoms with van der Waals surface area (Å²) < 4.78 is 17.2. The number of aromatic nitrogens is 3. The summed E-state index contributed by atoms with van der Waals surface area (Å²) in [6.07, 6.45) is 1.09. The average molecular weight is 379 g/mol. The Labute approximate surface area is 161 Å². The van der Waals surface area contributed by atoms with E-state index in [-0.39, 0.29) is 11.4 Å². The third-order valence-electron chi connectivity index (χ3n) is 5.74. The fourth-order valence-electron chi connectivity index (χ4n) is 4.16. The van der Waals surface area contributed by atoms with E-state index in [1.807, 2.05) is 16.5 Å². The smallest absolute Gasteiger partial charge is 0.275 e. The minimum absolute atomic E-state index is 0.116. The van der Waals surface area contributed by atoms with E-state index in [4.69, 9.17) is 4.98 Å². The summed E-state index contributed by atoms with van der Waals surface area (Å²) in [6.45, 7) is 3.95. The van der Waals surface area contributed by atoms with Crippen LogP contribution >= 0.6 is 0 Å². The first kappa shape index (κ1) is 17.2. The normalized spacial score (nSPS) is 16.3. The van der Waals surface area contributed by atoms with E-state index in [9.17, 15) is 9.18 Å². The fraction of sp³-hybridized carbons (Fsp3) is 0.333. The Morgan fingerprint density at radius 2 is 1.75 bits per heavy atom. The fourth-order valence-corrected chi connectivity index (χ4v) is 4.16. The summed E-state index contributed by atoms with van der Waals surface area (Å²) in [7, 11) is 3.90. The van der Waals surface area contributed by atoms with E-state index < -0.39 is 0 Å². The van der Waals surface area contributed by atoms with Crippen molar-refractivity contribution in [1.29, 1.82) is 0 Å². The predicted octanol–water partition coefficient (Wildman–Crippen LogP) is 2.62. The molecule has 7 heteroatoms. The Balaban J connectivity index is 1.79. The maximum Gasteiger partial charge on any atom is 0.275 e. The van der Waals surface area contributed by atoms with Crippen LogP contribution in [0.1, 0.15) is 6.42 Å². The number of hydrogen-bond acceptors (Lipinski definition) is 4. The molecule has 4 heterocycles. The monoisotopic (exact) mass is 379 g/mol. The van der Waals surface area contributed by atoms with Crippen molar-refractivity contribution in [1.82, 2.24) is 18.9 Å². The van der Waals surface area contributed by atoms with Gasteiger partial charge in [-0.15, -0.1) is 0 Å². The third kappa shape index (κ3) is 2.57. The van der Waals surface area contributed by atoms with Crippen LogP contribution in [0.25, 0.3) is 27.6 Å². The number of anilines is 1. The van der Waals surface area contributed by atoms with Crippen molar-refractivity contribution >= 4 is 33.4 Å². The first-order chi connectivity index (χ1) is 13.5. The molecule has 0 radical (unpaired) electrons.